The zero-order valence-corrected chi connectivity index (χ0v) is 21.6. The Kier molecular flexibility index (Phi) is 8.70. The third-order valence-corrected chi connectivity index (χ3v) is 7.16. The van der Waals surface area contributed by atoms with Gasteiger partial charge < -0.3 is 14.7 Å². The van der Waals surface area contributed by atoms with E-state index in [1.54, 1.807) is 12.1 Å². The molecule has 1 saturated heterocycles. The Bertz CT molecular complexity index is 1270. The van der Waals surface area contributed by atoms with Gasteiger partial charge in [0, 0.05) is 18.7 Å². The van der Waals surface area contributed by atoms with Crippen molar-refractivity contribution in [2.75, 3.05) is 18.0 Å². The molecule has 1 unspecified atom stereocenters. The Morgan fingerprint density at radius 2 is 1.95 bits per heavy atom. The van der Waals surface area contributed by atoms with Crippen molar-refractivity contribution in [1.82, 2.24) is 4.31 Å². The number of ether oxygens (including phenoxy) is 1. The molecular weight excluding hydrogens is 489 g/mol. The first kappa shape index (κ1) is 26.5. The Hall–Kier alpha value is -3.54. The molecule has 192 valence electrons. The second-order valence-electron chi connectivity index (χ2n) is 9.33. The largest absolute Gasteiger partial charge is 0.489 e. The molecule has 8 heteroatoms. The van der Waals surface area contributed by atoms with E-state index >= 15 is 0 Å². The zero-order chi connectivity index (χ0) is 26.4. The summed E-state index contributed by atoms with van der Waals surface area (Å²) in [6, 6.07) is 20.0. The molecule has 0 saturated carbocycles. The molecule has 3 aromatic rings. The molecule has 1 aliphatic heterocycles. The van der Waals surface area contributed by atoms with Crippen LogP contribution in [0, 0.1) is 30.0 Å². The van der Waals surface area contributed by atoms with E-state index in [2.05, 4.69) is 12.8 Å². The number of aryl methyl sites for hydroxylation is 1. The maximum Gasteiger partial charge on any atom is 0.219 e. The number of nitriles is 1. The number of rotatable bonds is 9. The van der Waals surface area contributed by atoms with Gasteiger partial charge in [0.2, 0.25) is 6.41 Å². The first-order chi connectivity index (χ1) is 17.9. The summed E-state index contributed by atoms with van der Waals surface area (Å²) >= 11 is 4.14. The van der Waals surface area contributed by atoms with Crippen LogP contribution < -0.4 is 9.64 Å². The lowest BCUT2D eigenvalue weighted by atomic mass is 9.87. The summed E-state index contributed by atoms with van der Waals surface area (Å²) in [5.74, 6) is 0.396. The van der Waals surface area contributed by atoms with E-state index in [0.717, 1.165) is 35.1 Å². The van der Waals surface area contributed by atoms with Gasteiger partial charge in [-0.3, -0.25) is 9.10 Å². The average Bonchev–Trinajstić information content (AvgIpc) is 2.93. The molecule has 3 aromatic carbocycles. The van der Waals surface area contributed by atoms with Crippen LogP contribution in [0.4, 0.5) is 10.1 Å². The molecule has 1 N–H and O–H groups in total. The predicted octanol–water partition coefficient (Wildman–Crippen LogP) is 5.34. The van der Waals surface area contributed by atoms with Crippen molar-refractivity contribution < 1.29 is 19.0 Å². The summed E-state index contributed by atoms with van der Waals surface area (Å²) in [5, 5.41) is 19.9. The number of aliphatic hydroxyl groups is 1. The minimum Gasteiger partial charge on any atom is -0.489 e. The number of piperidine rings is 1. The normalized spacial score (nSPS) is 14.6. The summed E-state index contributed by atoms with van der Waals surface area (Å²) in [6.07, 6.45) is 1.55. The van der Waals surface area contributed by atoms with Crippen molar-refractivity contribution in [3.05, 3.63) is 94.3 Å². The fourth-order valence-corrected chi connectivity index (χ4v) is 4.89. The van der Waals surface area contributed by atoms with Crippen LogP contribution in [0.3, 0.4) is 0 Å². The zero-order valence-electron chi connectivity index (χ0n) is 20.7. The van der Waals surface area contributed by atoms with E-state index in [1.165, 1.54) is 10.4 Å². The van der Waals surface area contributed by atoms with Crippen molar-refractivity contribution in [3.8, 4) is 11.8 Å². The summed E-state index contributed by atoms with van der Waals surface area (Å²) in [5.41, 5.74) is 4.55. The number of aliphatic hydroxyl groups excluding tert-OH is 1. The van der Waals surface area contributed by atoms with E-state index in [-0.39, 0.29) is 11.7 Å². The molecule has 1 amide bonds. The summed E-state index contributed by atoms with van der Waals surface area (Å²) in [4.78, 5) is 13.0. The van der Waals surface area contributed by atoms with Crippen LogP contribution in [-0.2, 0) is 17.9 Å². The third kappa shape index (κ3) is 6.43. The van der Waals surface area contributed by atoms with Crippen LogP contribution in [0.25, 0.3) is 0 Å². The van der Waals surface area contributed by atoms with Gasteiger partial charge in [0.15, 0.2) is 0 Å². The van der Waals surface area contributed by atoms with E-state index in [9.17, 15) is 14.3 Å². The molecule has 0 aliphatic carbocycles. The van der Waals surface area contributed by atoms with Crippen molar-refractivity contribution in [2.45, 2.75) is 39.0 Å². The molecule has 0 spiro atoms. The highest BCUT2D eigenvalue weighted by Crippen LogP contribution is 2.33. The topological polar surface area (TPSA) is 76.8 Å². The molecule has 4 rings (SSSR count). The van der Waals surface area contributed by atoms with Crippen LogP contribution in [-0.4, -0.2) is 28.9 Å². The minimum absolute atomic E-state index is 0.0802. The molecule has 0 bridgehead atoms. The van der Waals surface area contributed by atoms with Crippen molar-refractivity contribution in [3.63, 3.8) is 0 Å². The third-order valence-electron chi connectivity index (χ3n) is 6.93. The maximum atomic E-state index is 14.4. The van der Waals surface area contributed by atoms with Gasteiger partial charge >= 0.3 is 0 Å². The molecule has 1 atom stereocenters. The van der Waals surface area contributed by atoms with E-state index < -0.39 is 6.10 Å². The van der Waals surface area contributed by atoms with Crippen molar-refractivity contribution >= 4 is 24.9 Å². The van der Waals surface area contributed by atoms with Gasteiger partial charge in [0.1, 0.15) is 18.2 Å². The number of thiol groups is 1. The quantitative estimate of drug-likeness (QED) is 0.295. The molecule has 1 fully saturated rings. The van der Waals surface area contributed by atoms with E-state index in [1.807, 2.05) is 60.4 Å². The number of benzene rings is 3. The smallest absolute Gasteiger partial charge is 0.219 e. The fourth-order valence-electron chi connectivity index (χ4n) is 4.75. The molecule has 1 aliphatic rings. The predicted molar refractivity (Wildman–Crippen MR) is 144 cm³/mol. The number of halogens is 1. The van der Waals surface area contributed by atoms with Crippen LogP contribution in [0.2, 0.25) is 0 Å². The number of hydrogen-bond donors (Lipinski definition) is 2. The number of carbonyl (C=O) groups excluding carboxylic acids is 1. The van der Waals surface area contributed by atoms with Crippen LogP contribution in [0.5, 0.6) is 5.75 Å². The number of amides is 1. The molecule has 1 heterocycles. The number of nitrogens with zero attached hydrogens (tertiary/aromatic N) is 3. The lowest BCUT2D eigenvalue weighted by Gasteiger charge is -2.36. The van der Waals surface area contributed by atoms with E-state index in [4.69, 9.17) is 10.00 Å². The average molecular weight is 520 g/mol. The van der Waals surface area contributed by atoms with Crippen LogP contribution in [0.15, 0.2) is 60.7 Å². The maximum absolute atomic E-state index is 14.4. The van der Waals surface area contributed by atoms with Gasteiger partial charge in [0.05, 0.1) is 30.0 Å². The van der Waals surface area contributed by atoms with Gasteiger partial charge in [-0.2, -0.15) is 5.26 Å². The summed E-state index contributed by atoms with van der Waals surface area (Å²) < 4.78 is 21.7. The van der Waals surface area contributed by atoms with E-state index in [0.29, 0.717) is 49.7 Å². The van der Waals surface area contributed by atoms with Crippen LogP contribution >= 0.6 is 12.8 Å². The van der Waals surface area contributed by atoms with Gasteiger partial charge in [-0.05, 0) is 66.6 Å². The molecule has 6 nitrogen and oxygen atoms in total. The SMILES string of the molecule is Cc1cccc(OCc2ccc(C(O)C3CCN(c4ccc(C#N)cc4F)CC3)cc2)c1CN(S)C=O. The highest BCUT2D eigenvalue weighted by Gasteiger charge is 2.27. The molecule has 37 heavy (non-hydrogen) atoms. The molecule has 0 aromatic heterocycles. The standard InChI is InChI=1S/C29H30FN3O3S/c1-20-3-2-4-28(25(20)17-33(37)19-34)36-18-21-5-8-23(9-6-21)29(35)24-11-13-32(14-12-24)27-10-7-22(16-31)15-26(27)30/h2-10,15,19,24,29,35,37H,11-14,17-18H2,1H3. The van der Waals surface area contributed by atoms with Gasteiger partial charge in [-0.15, -0.1) is 0 Å². The lowest BCUT2D eigenvalue weighted by molar-refractivity contribution is -0.114. The van der Waals surface area contributed by atoms with Gasteiger partial charge in [-0.25, -0.2) is 4.39 Å². The first-order valence-electron chi connectivity index (χ1n) is 12.2. The number of hydrogen-bond acceptors (Lipinski definition) is 6. The Labute approximate surface area is 222 Å². The number of anilines is 1. The van der Waals surface area contributed by atoms with Crippen molar-refractivity contribution in [1.29, 1.82) is 5.26 Å². The Morgan fingerprint density at radius 1 is 1.22 bits per heavy atom. The highest BCUT2D eigenvalue weighted by atomic mass is 32.1. The Balaban J connectivity index is 1.34. The van der Waals surface area contributed by atoms with Gasteiger partial charge in [0.25, 0.3) is 0 Å². The minimum atomic E-state index is -0.601. The lowest BCUT2D eigenvalue weighted by Crippen LogP contribution is -2.36. The fraction of sp³-hybridized carbons (Fsp3) is 0.310. The van der Waals surface area contributed by atoms with Crippen molar-refractivity contribution in [2.24, 2.45) is 5.92 Å². The second-order valence-corrected chi connectivity index (χ2v) is 9.85. The Morgan fingerprint density at radius 3 is 2.59 bits per heavy atom. The highest BCUT2D eigenvalue weighted by molar-refractivity contribution is 7.78. The summed E-state index contributed by atoms with van der Waals surface area (Å²) in [7, 11) is 0. The summed E-state index contributed by atoms with van der Waals surface area (Å²) in [6.45, 7) is 3.95. The van der Waals surface area contributed by atoms with Gasteiger partial charge in [-0.1, -0.05) is 49.2 Å². The molecule has 0 radical (unpaired) electrons. The second kappa shape index (κ2) is 12.1. The first-order valence-corrected chi connectivity index (χ1v) is 12.6. The molecular formula is C29H30FN3O3S. The van der Waals surface area contributed by atoms with Crippen LogP contribution in [0.1, 0.15) is 46.8 Å². The monoisotopic (exact) mass is 519 g/mol. The number of carbonyl (C=O) groups is 1.